The molecule has 9 heteroatoms. The summed E-state index contributed by atoms with van der Waals surface area (Å²) in [4.78, 5) is 15.8. The Morgan fingerprint density at radius 3 is 2.45 bits per heavy atom. The lowest BCUT2D eigenvalue weighted by Gasteiger charge is -2.10. The van der Waals surface area contributed by atoms with Gasteiger partial charge in [-0.1, -0.05) is 23.2 Å². The first-order valence-electron chi connectivity index (χ1n) is 5.76. The number of carbonyl (C=O) groups is 1. The summed E-state index contributed by atoms with van der Waals surface area (Å²) in [6.45, 7) is -3.08. The lowest BCUT2D eigenvalue weighted by molar-refractivity contribution is -0.0512. The Morgan fingerprint density at radius 1 is 1.27 bits per heavy atom. The number of anilines is 1. The molecule has 0 saturated carbocycles. The molecule has 0 aliphatic heterocycles. The zero-order chi connectivity index (χ0) is 16.3. The van der Waals surface area contributed by atoms with Crippen molar-refractivity contribution in [1.29, 1.82) is 0 Å². The van der Waals surface area contributed by atoms with Crippen LogP contribution in [0.3, 0.4) is 0 Å². The molecular formula is C13H8Cl2F2N2O3. The SMILES string of the molecule is O=C(Nc1c(Cl)cncc1Cl)c1ccc(OC(F)F)c(O)c1. The number of hydrogen-bond donors (Lipinski definition) is 2. The van der Waals surface area contributed by atoms with Gasteiger partial charge in [0, 0.05) is 18.0 Å². The van der Waals surface area contributed by atoms with Crippen LogP contribution in [0.4, 0.5) is 14.5 Å². The molecule has 1 heterocycles. The number of nitrogens with zero attached hydrogens (tertiary/aromatic N) is 1. The van der Waals surface area contributed by atoms with Gasteiger partial charge in [-0.25, -0.2) is 0 Å². The minimum absolute atomic E-state index is 0.00284. The highest BCUT2D eigenvalue weighted by molar-refractivity contribution is 6.39. The second kappa shape index (κ2) is 6.76. The molecule has 0 unspecified atom stereocenters. The van der Waals surface area contributed by atoms with Crippen molar-refractivity contribution in [2.24, 2.45) is 0 Å². The van der Waals surface area contributed by atoms with Gasteiger partial charge in [0.1, 0.15) is 0 Å². The number of aromatic hydroxyl groups is 1. The number of aromatic nitrogens is 1. The average molecular weight is 349 g/mol. The second-order valence-corrected chi connectivity index (χ2v) is 4.81. The Hall–Kier alpha value is -2.12. The molecule has 2 N–H and O–H groups in total. The first-order valence-corrected chi connectivity index (χ1v) is 6.52. The van der Waals surface area contributed by atoms with Crippen LogP contribution < -0.4 is 10.1 Å². The fraction of sp³-hybridized carbons (Fsp3) is 0.0769. The molecule has 2 rings (SSSR count). The highest BCUT2D eigenvalue weighted by Gasteiger charge is 2.15. The molecule has 0 bridgehead atoms. The van der Waals surface area contributed by atoms with Crippen molar-refractivity contribution in [2.75, 3.05) is 5.32 Å². The average Bonchev–Trinajstić information content (AvgIpc) is 2.44. The van der Waals surface area contributed by atoms with Crippen molar-refractivity contribution in [3.8, 4) is 11.5 Å². The summed E-state index contributed by atoms with van der Waals surface area (Å²) in [6.07, 6.45) is 2.58. The summed E-state index contributed by atoms with van der Waals surface area (Å²) < 4.78 is 28.2. The van der Waals surface area contributed by atoms with Gasteiger partial charge in [0.15, 0.2) is 11.5 Å². The fourth-order valence-corrected chi connectivity index (χ4v) is 2.03. The number of phenolic OH excluding ortho intramolecular Hbond substituents is 1. The first kappa shape index (κ1) is 16.3. The third-order valence-corrected chi connectivity index (χ3v) is 3.10. The quantitative estimate of drug-likeness (QED) is 0.877. The van der Waals surface area contributed by atoms with E-state index in [1.165, 1.54) is 18.5 Å². The number of carbonyl (C=O) groups excluding carboxylic acids is 1. The van der Waals surface area contributed by atoms with E-state index < -0.39 is 24.0 Å². The fourth-order valence-electron chi connectivity index (χ4n) is 1.57. The Kier molecular flexibility index (Phi) is 4.99. The Balaban J connectivity index is 2.22. The summed E-state index contributed by atoms with van der Waals surface area (Å²) >= 11 is 11.7. The van der Waals surface area contributed by atoms with Crippen LogP contribution in [0.1, 0.15) is 10.4 Å². The molecule has 0 aliphatic rings. The molecule has 1 aromatic heterocycles. The zero-order valence-electron chi connectivity index (χ0n) is 10.7. The van der Waals surface area contributed by atoms with Crippen LogP contribution in [-0.2, 0) is 0 Å². The van der Waals surface area contributed by atoms with Crippen LogP contribution >= 0.6 is 23.2 Å². The highest BCUT2D eigenvalue weighted by atomic mass is 35.5. The van der Waals surface area contributed by atoms with E-state index in [0.717, 1.165) is 12.1 Å². The first-order chi connectivity index (χ1) is 10.4. The summed E-state index contributed by atoms with van der Waals surface area (Å²) in [7, 11) is 0. The third kappa shape index (κ3) is 3.75. The largest absolute Gasteiger partial charge is 0.504 e. The third-order valence-electron chi connectivity index (χ3n) is 2.53. The number of alkyl halides is 2. The predicted molar refractivity (Wildman–Crippen MR) is 76.9 cm³/mol. The van der Waals surface area contributed by atoms with E-state index in [0.29, 0.717) is 0 Å². The minimum Gasteiger partial charge on any atom is -0.504 e. The van der Waals surface area contributed by atoms with Gasteiger partial charge in [0.05, 0.1) is 15.7 Å². The van der Waals surface area contributed by atoms with Gasteiger partial charge < -0.3 is 15.2 Å². The van der Waals surface area contributed by atoms with Crippen LogP contribution in [-0.4, -0.2) is 22.6 Å². The molecule has 0 fully saturated rings. The lowest BCUT2D eigenvalue weighted by Crippen LogP contribution is -2.13. The van der Waals surface area contributed by atoms with Gasteiger partial charge in [0.25, 0.3) is 5.91 Å². The van der Waals surface area contributed by atoms with Gasteiger partial charge in [-0.05, 0) is 18.2 Å². The number of phenols is 1. The van der Waals surface area contributed by atoms with E-state index >= 15 is 0 Å². The number of hydrogen-bond acceptors (Lipinski definition) is 4. The van der Waals surface area contributed by atoms with Crippen molar-refractivity contribution >= 4 is 34.8 Å². The number of rotatable bonds is 4. The minimum atomic E-state index is -3.08. The second-order valence-electron chi connectivity index (χ2n) is 3.99. The van der Waals surface area contributed by atoms with E-state index in [1.807, 2.05) is 0 Å². The van der Waals surface area contributed by atoms with Crippen molar-refractivity contribution < 1.29 is 23.4 Å². The monoisotopic (exact) mass is 348 g/mol. The number of benzene rings is 1. The molecule has 2 aromatic rings. The molecular weight excluding hydrogens is 341 g/mol. The van der Waals surface area contributed by atoms with Crippen molar-refractivity contribution in [3.63, 3.8) is 0 Å². The molecule has 1 amide bonds. The van der Waals surface area contributed by atoms with Gasteiger partial charge in [-0.15, -0.1) is 0 Å². The Morgan fingerprint density at radius 2 is 1.91 bits per heavy atom. The highest BCUT2D eigenvalue weighted by Crippen LogP contribution is 2.31. The van der Waals surface area contributed by atoms with Crippen LogP contribution in [0.15, 0.2) is 30.6 Å². The molecule has 0 saturated heterocycles. The van der Waals surface area contributed by atoms with E-state index in [4.69, 9.17) is 23.2 Å². The summed E-state index contributed by atoms with van der Waals surface area (Å²) in [6, 6.07) is 3.23. The van der Waals surface area contributed by atoms with E-state index in [1.54, 1.807) is 0 Å². The lowest BCUT2D eigenvalue weighted by atomic mass is 10.2. The topological polar surface area (TPSA) is 71.5 Å². The summed E-state index contributed by atoms with van der Waals surface area (Å²) in [5.74, 6) is -1.68. The van der Waals surface area contributed by atoms with E-state index in [9.17, 15) is 18.7 Å². The molecule has 0 radical (unpaired) electrons. The maximum atomic E-state index is 12.1. The Labute approximate surface area is 133 Å². The Bertz CT molecular complexity index is 693. The van der Waals surface area contributed by atoms with Crippen LogP contribution in [0.25, 0.3) is 0 Å². The van der Waals surface area contributed by atoms with Gasteiger partial charge in [-0.2, -0.15) is 8.78 Å². The van der Waals surface area contributed by atoms with Gasteiger partial charge in [0.2, 0.25) is 0 Å². The normalized spacial score (nSPS) is 10.6. The zero-order valence-corrected chi connectivity index (χ0v) is 12.2. The number of nitrogens with one attached hydrogen (secondary N) is 1. The molecule has 0 atom stereocenters. The number of pyridine rings is 1. The van der Waals surface area contributed by atoms with E-state index in [2.05, 4.69) is 15.0 Å². The number of ether oxygens (including phenoxy) is 1. The molecule has 0 aliphatic carbocycles. The molecule has 22 heavy (non-hydrogen) atoms. The standard InChI is InChI=1S/C13H8Cl2F2N2O3/c14-7-4-18-5-8(15)11(7)19-12(21)6-1-2-10(9(20)3-6)22-13(16)17/h1-5,13,20H,(H,18,19,21). The number of amides is 1. The van der Waals surface area contributed by atoms with Crippen molar-refractivity contribution in [2.45, 2.75) is 6.61 Å². The smallest absolute Gasteiger partial charge is 0.387 e. The summed E-state index contributed by atoms with van der Waals surface area (Å²) in [5.41, 5.74) is 0.152. The summed E-state index contributed by atoms with van der Waals surface area (Å²) in [5, 5.41) is 12.3. The molecule has 0 spiro atoms. The van der Waals surface area contributed by atoms with E-state index in [-0.39, 0.29) is 21.3 Å². The maximum Gasteiger partial charge on any atom is 0.387 e. The molecule has 5 nitrogen and oxygen atoms in total. The predicted octanol–water partition coefficient (Wildman–Crippen LogP) is 3.95. The molecule has 1 aromatic carbocycles. The van der Waals surface area contributed by atoms with Crippen molar-refractivity contribution in [1.82, 2.24) is 4.98 Å². The van der Waals surface area contributed by atoms with Crippen LogP contribution in [0.5, 0.6) is 11.5 Å². The van der Waals surface area contributed by atoms with Gasteiger partial charge >= 0.3 is 6.61 Å². The van der Waals surface area contributed by atoms with Crippen molar-refractivity contribution in [3.05, 3.63) is 46.2 Å². The van der Waals surface area contributed by atoms with Crippen LogP contribution in [0, 0.1) is 0 Å². The van der Waals surface area contributed by atoms with Crippen LogP contribution in [0.2, 0.25) is 10.0 Å². The maximum absolute atomic E-state index is 12.1. The molecule has 116 valence electrons. The number of halogens is 4. The van der Waals surface area contributed by atoms with Gasteiger partial charge in [-0.3, -0.25) is 9.78 Å².